The van der Waals surface area contributed by atoms with Gasteiger partial charge in [-0.05, 0) is 0 Å². The van der Waals surface area contributed by atoms with Gasteiger partial charge in [0, 0.05) is 0 Å². The highest BCUT2D eigenvalue weighted by atomic mass is 16.4. The van der Waals surface area contributed by atoms with Gasteiger partial charge in [0.15, 0.2) is 18.1 Å². The third-order valence-electron chi connectivity index (χ3n) is 1.63. The van der Waals surface area contributed by atoms with Crippen LogP contribution in [-0.4, -0.2) is 62.5 Å². The lowest BCUT2D eigenvalue weighted by molar-refractivity contribution is -0.178. The van der Waals surface area contributed by atoms with Gasteiger partial charge in [-0.3, -0.25) is 5.73 Å². The van der Waals surface area contributed by atoms with Gasteiger partial charge in [0.2, 0.25) is 0 Å². The molecule has 7 heteroatoms. The number of hydrogen-bond acceptors (Lipinski definition) is 7. The highest BCUT2D eigenvalue weighted by Crippen LogP contribution is 2.11. The SMILES string of the molecule is N[C@@](O)(C(O)C=O)C(O)C(O)CO. The molecule has 0 rings (SSSR count). The van der Waals surface area contributed by atoms with Crippen molar-refractivity contribution in [2.24, 2.45) is 5.73 Å². The highest BCUT2D eigenvalue weighted by Gasteiger charge is 2.42. The van der Waals surface area contributed by atoms with E-state index in [-0.39, 0.29) is 6.29 Å². The zero-order valence-electron chi connectivity index (χ0n) is 6.74. The summed E-state index contributed by atoms with van der Waals surface area (Å²) in [5.74, 6) is 0. The Morgan fingerprint density at radius 2 is 1.85 bits per heavy atom. The summed E-state index contributed by atoms with van der Waals surface area (Å²) >= 11 is 0. The van der Waals surface area contributed by atoms with Gasteiger partial charge in [-0.2, -0.15) is 0 Å². The fourth-order valence-corrected chi connectivity index (χ4v) is 0.692. The normalized spacial score (nSPS) is 22.9. The van der Waals surface area contributed by atoms with Crippen LogP contribution in [0.3, 0.4) is 0 Å². The molecule has 0 aliphatic heterocycles. The number of carbonyl (C=O) groups is 1. The first-order valence-corrected chi connectivity index (χ1v) is 3.49. The van der Waals surface area contributed by atoms with E-state index in [1.54, 1.807) is 0 Å². The minimum atomic E-state index is -2.68. The molecule has 7 N–H and O–H groups in total. The first-order chi connectivity index (χ1) is 5.87. The fraction of sp³-hybridized carbons (Fsp3) is 0.833. The van der Waals surface area contributed by atoms with E-state index in [0.29, 0.717) is 0 Å². The zero-order valence-corrected chi connectivity index (χ0v) is 6.74. The molecule has 0 aliphatic rings. The van der Waals surface area contributed by atoms with Crippen LogP contribution in [0, 0.1) is 0 Å². The molecule has 0 bridgehead atoms. The molecule has 0 aromatic carbocycles. The Balaban J connectivity index is 4.51. The van der Waals surface area contributed by atoms with Crippen molar-refractivity contribution in [1.82, 2.24) is 0 Å². The molecule has 0 amide bonds. The summed E-state index contributed by atoms with van der Waals surface area (Å²) in [4.78, 5) is 10.0. The largest absolute Gasteiger partial charge is 0.394 e. The third kappa shape index (κ3) is 2.69. The van der Waals surface area contributed by atoms with Crippen molar-refractivity contribution in [2.75, 3.05) is 6.61 Å². The molecule has 0 aliphatic carbocycles. The van der Waals surface area contributed by atoms with Crippen LogP contribution < -0.4 is 5.73 Å². The second-order valence-electron chi connectivity index (χ2n) is 2.66. The Kier molecular flexibility index (Phi) is 4.40. The lowest BCUT2D eigenvalue weighted by Gasteiger charge is -2.32. The smallest absolute Gasteiger partial charge is 0.175 e. The van der Waals surface area contributed by atoms with Crippen LogP contribution in [0.5, 0.6) is 0 Å². The molecule has 13 heavy (non-hydrogen) atoms. The maximum absolute atomic E-state index is 10.0. The van der Waals surface area contributed by atoms with E-state index < -0.39 is 30.6 Å². The van der Waals surface area contributed by atoms with Crippen LogP contribution in [0.1, 0.15) is 0 Å². The van der Waals surface area contributed by atoms with Crippen LogP contribution in [0.4, 0.5) is 0 Å². The Labute approximate surface area is 74.0 Å². The molecule has 0 aromatic rings. The van der Waals surface area contributed by atoms with Gasteiger partial charge >= 0.3 is 0 Å². The Morgan fingerprint density at radius 1 is 1.38 bits per heavy atom. The summed E-state index contributed by atoms with van der Waals surface area (Å²) in [7, 11) is 0. The summed E-state index contributed by atoms with van der Waals surface area (Å²) in [6.07, 6.45) is -5.88. The average molecular weight is 195 g/mol. The molecule has 0 aromatic heterocycles. The van der Waals surface area contributed by atoms with Gasteiger partial charge in [-0.1, -0.05) is 0 Å². The van der Waals surface area contributed by atoms with Crippen molar-refractivity contribution in [3.05, 3.63) is 0 Å². The standard InChI is InChI=1S/C6H13NO6/c7-6(13,4(11)2-9)5(12)3(10)1-8/h2-5,8,10-13H,1,7H2/t3?,4?,5?,6-/m1/s1. The predicted molar refractivity (Wildman–Crippen MR) is 40.3 cm³/mol. The Bertz CT molecular complexity index is 173. The minimum Gasteiger partial charge on any atom is -0.394 e. The lowest BCUT2D eigenvalue weighted by Crippen LogP contribution is -2.64. The van der Waals surface area contributed by atoms with Crippen molar-refractivity contribution in [2.45, 2.75) is 24.0 Å². The second kappa shape index (κ2) is 4.61. The van der Waals surface area contributed by atoms with E-state index in [1.165, 1.54) is 0 Å². The Hall–Kier alpha value is -0.570. The van der Waals surface area contributed by atoms with Gasteiger partial charge in [0.25, 0.3) is 0 Å². The maximum Gasteiger partial charge on any atom is 0.175 e. The molecule has 0 spiro atoms. The quantitative estimate of drug-likeness (QED) is 0.193. The van der Waals surface area contributed by atoms with Crippen LogP contribution in [0.2, 0.25) is 0 Å². The van der Waals surface area contributed by atoms with E-state index in [0.717, 1.165) is 0 Å². The maximum atomic E-state index is 10.0. The number of hydrogen-bond donors (Lipinski definition) is 6. The molecular formula is C6H13NO6. The summed E-state index contributed by atoms with van der Waals surface area (Å²) in [6, 6.07) is 0. The number of carbonyl (C=O) groups excluding carboxylic acids is 1. The number of aliphatic hydroxyl groups is 5. The fourth-order valence-electron chi connectivity index (χ4n) is 0.692. The lowest BCUT2D eigenvalue weighted by atomic mass is 9.97. The van der Waals surface area contributed by atoms with Gasteiger partial charge < -0.3 is 30.3 Å². The summed E-state index contributed by atoms with van der Waals surface area (Å²) in [5.41, 5.74) is 2.27. The molecule has 0 saturated carbocycles. The van der Waals surface area contributed by atoms with Crippen molar-refractivity contribution < 1.29 is 30.3 Å². The molecule has 0 heterocycles. The number of aliphatic hydroxyl groups excluding tert-OH is 4. The molecule has 78 valence electrons. The van der Waals surface area contributed by atoms with Gasteiger partial charge in [0.05, 0.1) is 6.61 Å². The van der Waals surface area contributed by atoms with Crippen molar-refractivity contribution in [3.8, 4) is 0 Å². The molecule has 0 radical (unpaired) electrons. The number of aldehydes is 1. The highest BCUT2D eigenvalue weighted by molar-refractivity contribution is 5.58. The second-order valence-corrected chi connectivity index (χ2v) is 2.66. The van der Waals surface area contributed by atoms with Crippen LogP contribution in [0.25, 0.3) is 0 Å². The van der Waals surface area contributed by atoms with E-state index in [1.807, 2.05) is 0 Å². The minimum absolute atomic E-state index is 0.0900. The van der Waals surface area contributed by atoms with Gasteiger partial charge in [0.1, 0.15) is 12.2 Å². The Morgan fingerprint density at radius 3 is 2.15 bits per heavy atom. The molecule has 7 nitrogen and oxygen atoms in total. The molecule has 0 saturated heterocycles. The van der Waals surface area contributed by atoms with Crippen LogP contribution in [0.15, 0.2) is 0 Å². The van der Waals surface area contributed by atoms with Crippen molar-refractivity contribution in [1.29, 1.82) is 0 Å². The summed E-state index contributed by atoms with van der Waals surface area (Å²) in [6.45, 7) is -0.855. The topological polar surface area (TPSA) is 144 Å². The van der Waals surface area contributed by atoms with E-state index in [2.05, 4.69) is 0 Å². The number of rotatable bonds is 5. The van der Waals surface area contributed by atoms with Crippen molar-refractivity contribution in [3.63, 3.8) is 0 Å². The molecular weight excluding hydrogens is 182 g/mol. The third-order valence-corrected chi connectivity index (χ3v) is 1.63. The zero-order chi connectivity index (χ0) is 10.6. The monoisotopic (exact) mass is 195 g/mol. The van der Waals surface area contributed by atoms with E-state index >= 15 is 0 Å². The predicted octanol–water partition coefficient (Wildman–Crippen LogP) is -4.09. The molecule has 3 unspecified atom stereocenters. The molecule has 4 atom stereocenters. The van der Waals surface area contributed by atoms with Crippen molar-refractivity contribution >= 4 is 6.29 Å². The average Bonchev–Trinajstić information content (AvgIpc) is 2.13. The molecule has 0 fully saturated rings. The first-order valence-electron chi connectivity index (χ1n) is 3.49. The first kappa shape index (κ1) is 12.4. The summed E-state index contributed by atoms with van der Waals surface area (Å²) < 4.78 is 0. The summed E-state index contributed by atoms with van der Waals surface area (Å²) in [5, 5.41) is 44.2. The van der Waals surface area contributed by atoms with Crippen LogP contribution in [-0.2, 0) is 4.79 Å². The van der Waals surface area contributed by atoms with Gasteiger partial charge in [-0.15, -0.1) is 0 Å². The van der Waals surface area contributed by atoms with E-state index in [4.69, 9.17) is 31.3 Å². The van der Waals surface area contributed by atoms with Gasteiger partial charge in [-0.25, -0.2) is 0 Å². The van der Waals surface area contributed by atoms with Crippen LogP contribution >= 0.6 is 0 Å². The van der Waals surface area contributed by atoms with E-state index in [9.17, 15) is 4.79 Å². The number of nitrogens with two attached hydrogens (primary N) is 1.